The summed E-state index contributed by atoms with van der Waals surface area (Å²) in [4.78, 5) is 23.3. The molecule has 0 radical (unpaired) electrons. The van der Waals surface area contributed by atoms with Gasteiger partial charge in [-0.2, -0.15) is 0 Å². The maximum atomic E-state index is 11.8. The molecule has 1 amide bonds. The third-order valence-corrected chi connectivity index (χ3v) is 2.84. The number of ether oxygens (including phenoxy) is 2. The highest BCUT2D eigenvalue weighted by molar-refractivity contribution is 5.76. The number of cyclic esters (lactones) is 1. The van der Waals surface area contributed by atoms with Crippen LogP contribution in [0.1, 0.15) is 38.9 Å². The largest absolute Gasteiger partial charge is 0.455 e. The first-order valence-corrected chi connectivity index (χ1v) is 6.59. The molecule has 1 saturated heterocycles. The molecule has 1 aliphatic rings. The van der Waals surface area contributed by atoms with Crippen LogP contribution < -0.4 is 5.32 Å². The van der Waals surface area contributed by atoms with Crippen LogP contribution in [-0.4, -0.2) is 23.7 Å². The van der Waals surface area contributed by atoms with Gasteiger partial charge in [0.15, 0.2) is 0 Å². The van der Waals surface area contributed by atoms with Crippen LogP contribution in [0.15, 0.2) is 30.3 Å². The van der Waals surface area contributed by atoms with E-state index in [2.05, 4.69) is 5.32 Å². The van der Waals surface area contributed by atoms with Gasteiger partial charge < -0.3 is 14.8 Å². The van der Waals surface area contributed by atoms with Crippen LogP contribution in [0.3, 0.4) is 0 Å². The molecule has 20 heavy (non-hydrogen) atoms. The minimum absolute atomic E-state index is 0.152. The highest BCUT2D eigenvalue weighted by atomic mass is 16.6. The number of carbonyl (C=O) groups is 2. The molecule has 0 unspecified atom stereocenters. The lowest BCUT2D eigenvalue weighted by Crippen LogP contribution is -2.40. The molecule has 2 atom stereocenters. The van der Waals surface area contributed by atoms with Crippen LogP contribution in [0, 0.1) is 0 Å². The fraction of sp³-hybridized carbons (Fsp3) is 0.467. The van der Waals surface area contributed by atoms with E-state index in [1.165, 1.54) is 0 Å². The summed E-state index contributed by atoms with van der Waals surface area (Å²) in [5, 5.41) is 2.71. The summed E-state index contributed by atoms with van der Waals surface area (Å²) in [6.45, 7) is 5.37. The first kappa shape index (κ1) is 14.4. The molecular formula is C15H19NO4. The highest BCUT2D eigenvalue weighted by Gasteiger charge is 2.37. The average molecular weight is 277 g/mol. The van der Waals surface area contributed by atoms with Crippen LogP contribution in [0.5, 0.6) is 0 Å². The van der Waals surface area contributed by atoms with E-state index in [4.69, 9.17) is 9.47 Å². The number of carbonyl (C=O) groups excluding carboxylic acids is 2. The Hall–Kier alpha value is -2.04. The van der Waals surface area contributed by atoms with Crippen molar-refractivity contribution in [3.8, 4) is 0 Å². The van der Waals surface area contributed by atoms with Crippen LogP contribution in [0.2, 0.25) is 0 Å². The predicted molar refractivity (Wildman–Crippen MR) is 73.0 cm³/mol. The predicted octanol–water partition coefficient (Wildman–Crippen LogP) is 2.57. The Morgan fingerprint density at radius 3 is 2.55 bits per heavy atom. The third kappa shape index (κ3) is 3.73. The summed E-state index contributed by atoms with van der Waals surface area (Å²) in [6.07, 6.45) is -0.850. The van der Waals surface area contributed by atoms with Gasteiger partial charge in [-0.15, -0.1) is 0 Å². The molecule has 1 aliphatic heterocycles. The Labute approximate surface area is 118 Å². The van der Waals surface area contributed by atoms with Crippen molar-refractivity contribution in [2.24, 2.45) is 0 Å². The molecule has 1 fully saturated rings. The molecule has 0 bridgehead atoms. The summed E-state index contributed by atoms with van der Waals surface area (Å²) in [7, 11) is 0. The zero-order valence-electron chi connectivity index (χ0n) is 11.9. The third-order valence-electron chi connectivity index (χ3n) is 2.84. The maximum absolute atomic E-state index is 11.8. The van der Waals surface area contributed by atoms with Crippen molar-refractivity contribution < 1.29 is 19.1 Å². The van der Waals surface area contributed by atoms with Gasteiger partial charge in [-0.1, -0.05) is 30.3 Å². The number of hydrogen-bond acceptors (Lipinski definition) is 4. The number of alkyl carbamates (subject to hydrolysis) is 1. The van der Waals surface area contributed by atoms with Gasteiger partial charge in [0, 0.05) is 0 Å². The first-order valence-electron chi connectivity index (χ1n) is 6.59. The monoisotopic (exact) mass is 277 g/mol. The maximum Gasteiger partial charge on any atom is 0.408 e. The average Bonchev–Trinajstić information content (AvgIpc) is 2.68. The van der Waals surface area contributed by atoms with Gasteiger partial charge >= 0.3 is 12.1 Å². The van der Waals surface area contributed by atoms with Crippen LogP contribution in [0.4, 0.5) is 4.79 Å². The number of benzene rings is 1. The van der Waals surface area contributed by atoms with Crippen molar-refractivity contribution in [1.82, 2.24) is 5.32 Å². The molecule has 1 N–H and O–H groups in total. The van der Waals surface area contributed by atoms with Crippen LogP contribution in [-0.2, 0) is 14.3 Å². The Kier molecular flexibility index (Phi) is 3.97. The number of esters is 1. The lowest BCUT2D eigenvalue weighted by Gasteiger charge is -2.23. The SMILES string of the molecule is CC(C)(C)OC(=O)N[C@H]1CC(=O)O[C@@H]1c1ccccc1. The minimum Gasteiger partial charge on any atom is -0.455 e. The van der Waals surface area contributed by atoms with Crippen LogP contribution in [0.25, 0.3) is 0 Å². The van der Waals surface area contributed by atoms with Crippen molar-refractivity contribution in [3.05, 3.63) is 35.9 Å². The van der Waals surface area contributed by atoms with E-state index in [1.807, 2.05) is 30.3 Å². The van der Waals surface area contributed by atoms with Gasteiger partial charge in [0.1, 0.15) is 11.7 Å². The molecule has 5 heteroatoms. The second kappa shape index (κ2) is 5.53. The standard InChI is InChI=1S/C15H19NO4/c1-15(2,3)20-14(18)16-11-9-12(17)19-13(11)10-7-5-4-6-8-10/h4-8,11,13H,9H2,1-3H3,(H,16,18)/t11-,13+/m0/s1. The topological polar surface area (TPSA) is 64.6 Å². The Morgan fingerprint density at radius 1 is 1.30 bits per heavy atom. The molecule has 5 nitrogen and oxygen atoms in total. The van der Waals surface area contributed by atoms with E-state index >= 15 is 0 Å². The van der Waals surface area contributed by atoms with Gasteiger partial charge in [-0.05, 0) is 26.3 Å². The number of rotatable bonds is 2. The van der Waals surface area contributed by atoms with Crippen molar-refractivity contribution in [2.45, 2.75) is 44.9 Å². The molecule has 0 spiro atoms. The summed E-state index contributed by atoms with van der Waals surface area (Å²) in [5.41, 5.74) is 0.287. The molecule has 0 aliphatic carbocycles. The summed E-state index contributed by atoms with van der Waals surface area (Å²) in [6, 6.07) is 8.95. The molecule has 0 saturated carbocycles. The first-order chi connectivity index (χ1) is 9.35. The molecular weight excluding hydrogens is 258 g/mol. The van der Waals surface area contributed by atoms with E-state index in [-0.39, 0.29) is 12.4 Å². The molecule has 2 rings (SSSR count). The smallest absolute Gasteiger partial charge is 0.408 e. The number of hydrogen-bond donors (Lipinski definition) is 1. The highest BCUT2D eigenvalue weighted by Crippen LogP contribution is 2.30. The minimum atomic E-state index is -0.574. The van der Waals surface area contributed by atoms with Crippen molar-refractivity contribution in [1.29, 1.82) is 0 Å². The van der Waals surface area contributed by atoms with Crippen molar-refractivity contribution >= 4 is 12.1 Å². The number of amides is 1. The van der Waals surface area contributed by atoms with Crippen molar-refractivity contribution in [3.63, 3.8) is 0 Å². The Bertz CT molecular complexity index is 492. The lowest BCUT2D eigenvalue weighted by molar-refractivity contribution is -0.141. The summed E-state index contributed by atoms with van der Waals surface area (Å²) in [5.74, 6) is -0.320. The zero-order valence-corrected chi connectivity index (χ0v) is 11.9. The van der Waals surface area contributed by atoms with E-state index in [9.17, 15) is 9.59 Å². The molecule has 108 valence electrons. The van der Waals surface area contributed by atoms with E-state index < -0.39 is 23.8 Å². The van der Waals surface area contributed by atoms with E-state index in [0.717, 1.165) is 5.56 Å². The van der Waals surface area contributed by atoms with Gasteiger partial charge in [-0.25, -0.2) is 4.79 Å². The Balaban J connectivity index is 2.06. The summed E-state index contributed by atoms with van der Waals surface area (Å²) < 4.78 is 10.5. The summed E-state index contributed by atoms with van der Waals surface area (Å²) >= 11 is 0. The molecule has 1 aromatic rings. The second-order valence-corrected chi connectivity index (χ2v) is 5.78. The fourth-order valence-corrected chi connectivity index (χ4v) is 2.09. The van der Waals surface area contributed by atoms with E-state index in [0.29, 0.717) is 0 Å². The van der Waals surface area contributed by atoms with Gasteiger partial charge in [0.05, 0.1) is 12.5 Å². The van der Waals surface area contributed by atoms with Crippen LogP contribution >= 0.6 is 0 Å². The van der Waals surface area contributed by atoms with E-state index in [1.54, 1.807) is 20.8 Å². The Morgan fingerprint density at radius 2 is 1.95 bits per heavy atom. The van der Waals surface area contributed by atoms with Gasteiger partial charge in [0.2, 0.25) is 0 Å². The molecule has 0 aromatic heterocycles. The lowest BCUT2D eigenvalue weighted by atomic mass is 10.0. The molecule has 1 aromatic carbocycles. The second-order valence-electron chi connectivity index (χ2n) is 5.78. The zero-order chi connectivity index (χ0) is 14.8. The molecule has 1 heterocycles. The quantitative estimate of drug-likeness (QED) is 0.844. The van der Waals surface area contributed by atoms with Gasteiger partial charge in [-0.3, -0.25) is 4.79 Å². The fourth-order valence-electron chi connectivity index (χ4n) is 2.09. The normalized spacial score (nSPS) is 22.2. The van der Waals surface area contributed by atoms with Gasteiger partial charge in [0.25, 0.3) is 0 Å². The van der Waals surface area contributed by atoms with Crippen molar-refractivity contribution in [2.75, 3.05) is 0 Å². The number of nitrogens with one attached hydrogen (secondary N) is 1.